The molecule has 0 aliphatic carbocycles. The summed E-state index contributed by atoms with van der Waals surface area (Å²) in [5, 5.41) is 10.1. The van der Waals surface area contributed by atoms with Gasteiger partial charge in [0.25, 0.3) is 0 Å². The average molecular weight is 402 g/mol. The molecule has 0 saturated carbocycles. The van der Waals surface area contributed by atoms with Gasteiger partial charge in [0, 0.05) is 36.4 Å². The van der Waals surface area contributed by atoms with E-state index in [2.05, 4.69) is 41.8 Å². The molecule has 30 heavy (non-hydrogen) atoms. The van der Waals surface area contributed by atoms with Gasteiger partial charge in [-0.1, -0.05) is 29.8 Å². The van der Waals surface area contributed by atoms with Gasteiger partial charge in [0.15, 0.2) is 0 Å². The first-order valence-electron chi connectivity index (χ1n) is 10.5. The Hall–Kier alpha value is -3.12. The molecule has 2 aliphatic heterocycles. The van der Waals surface area contributed by atoms with E-state index in [0.29, 0.717) is 13.2 Å². The molecule has 5 rings (SSSR count). The lowest BCUT2D eigenvalue weighted by atomic mass is 10.1. The average Bonchev–Trinajstić information content (AvgIpc) is 3.17. The van der Waals surface area contributed by atoms with Gasteiger partial charge in [0.1, 0.15) is 11.6 Å². The number of anilines is 3. The van der Waals surface area contributed by atoms with Crippen molar-refractivity contribution in [2.45, 2.75) is 20.3 Å². The number of rotatable bonds is 3. The van der Waals surface area contributed by atoms with Crippen molar-refractivity contribution >= 4 is 17.5 Å². The van der Waals surface area contributed by atoms with Gasteiger partial charge in [-0.2, -0.15) is 4.98 Å². The second kappa shape index (κ2) is 7.61. The Morgan fingerprint density at radius 2 is 1.80 bits per heavy atom. The van der Waals surface area contributed by atoms with Crippen LogP contribution in [-0.4, -0.2) is 47.9 Å². The quantitative estimate of drug-likeness (QED) is 0.715. The Morgan fingerprint density at radius 1 is 0.967 bits per heavy atom. The van der Waals surface area contributed by atoms with E-state index in [9.17, 15) is 5.11 Å². The first kappa shape index (κ1) is 18.9. The smallest absolute Gasteiger partial charge is 0.228 e. The fraction of sp³-hybridized carbons (Fsp3) is 0.333. The summed E-state index contributed by atoms with van der Waals surface area (Å²) in [4.78, 5) is 14.5. The van der Waals surface area contributed by atoms with Gasteiger partial charge in [-0.15, -0.1) is 0 Å². The molecule has 3 heterocycles. The Bertz CT molecular complexity index is 1090. The maximum absolute atomic E-state index is 10.1. The molecule has 1 aromatic heterocycles. The van der Waals surface area contributed by atoms with Crippen LogP contribution in [0.25, 0.3) is 11.3 Å². The van der Waals surface area contributed by atoms with Crippen LogP contribution in [0.3, 0.4) is 0 Å². The standard InChI is InChI=1S/C24H26N4O2/c1-16-6-7-21(17(2)14-16)28-9-8-20-22(18-4-3-5-19(29)15-18)25-24(26-23(20)28)27-10-12-30-13-11-27/h3-7,14-15,29H,8-13H2,1-2H3. The van der Waals surface area contributed by atoms with Gasteiger partial charge in [0.05, 0.1) is 18.9 Å². The highest BCUT2D eigenvalue weighted by molar-refractivity contribution is 5.78. The highest BCUT2D eigenvalue weighted by atomic mass is 16.5. The molecule has 2 aromatic carbocycles. The number of aromatic hydroxyl groups is 1. The number of aromatic nitrogens is 2. The van der Waals surface area contributed by atoms with Crippen LogP contribution in [0.2, 0.25) is 0 Å². The Balaban J connectivity index is 1.66. The first-order valence-corrected chi connectivity index (χ1v) is 10.5. The molecule has 0 atom stereocenters. The summed E-state index contributed by atoms with van der Waals surface area (Å²) >= 11 is 0. The normalized spacial score (nSPS) is 16.1. The SMILES string of the molecule is Cc1ccc(N2CCc3c(-c4cccc(O)c4)nc(N4CCOCC4)nc32)c(C)c1. The number of nitrogens with zero attached hydrogens (tertiary/aromatic N) is 4. The van der Waals surface area contributed by atoms with Gasteiger partial charge in [-0.05, 0) is 44.0 Å². The van der Waals surface area contributed by atoms with Crippen LogP contribution in [0.5, 0.6) is 5.75 Å². The molecule has 154 valence electrons. The molecule has 3 aromatic rings. The maximum atomic E-state index is 10.1. The van der Waals surface area contributed by atoms with E-state index in [0.717, 1.165) is 54.6 Å². The van der Waals surface area contributed by atoms with Crippen LogP contribution in [0, 0.1) is 13.8 Å². The number of hydrogen-bond donors (Lipinski definition) is 1. The van der Waals surface area contributed by atoms with Crippen LogP contribution in [0.4, 0.5) is 17.5 Å². The zero-order valence-electron chi connectivity index (χ0n) is 17.4. The monoisotopic (exact) mass is 402 g/mol. The van der Waals surface area contributed by atoms with E-state index >= 15 is 0 Å². The van der Waals surface area contributed by atoms with Crippen LogP contribution in [0.1, 0.15) is 16.7 Å². The largest absolute Gasteiger partial charge is 0.508 e. The lowest BCUT2D eigenvalue weighted by Crippen LogP contribution is -2.37. The summed E-state index contributed by atoms with van der Waals surface area (Å²) in [6, 6.07) is 13.9. The third-order valence-corrected chi connectivity index (χ3v) is 5.87. The molecule has 1 fully saturated rings. The molecule has 6 heteroatoms. The second-order valence-electron chi connectivity index (χ2n) is 8.02. The Morgan fingerprint density at radius 3 is 2.57 bits per heavy atom. The van der Waals surface area contributed by atoms with Crippen molar-refractivity contribution in [3.05, 3.63) is 59.2 Å². The van der Waals surface area contributed by atoms with E-state index < -0.39 is 0 Å². The number of ether oxygens (including phenoxy) is 1. The van der Waals surface area contributed by atoms with Crippen molar-refractivity contribution in [3.8, 4) is 17.0 Å². The van der Waals surface area contributed by atoms with Gasteiger partial charge in [-0.25, -0.2) is 4.98 Å². The number of benzene rings is 2. The van der Waals surface area contributed by atoms with Gasteiger partial charge < -0.3 is 19.6 Å². The summed E-state index contributed by atoms with van der Waals surface area (Å²) in [6.07, 6.45) is 0.872. The molecule has 0 unspecified atom stereocenters. The molecule has 0 radical (unpaired) electrons. The Kier molecular flexibility index (Phi) is 4.79. The lowest BCUT2D eigenvalue weighted by Gasteiger charge is -2.28. The minimum absolute atomic E-state index is 0.247. The third-order valence-electron chi connectivity index (χ3n) is 5.87. The minimum Gasteiger partial charge on any atom is -0.508 e. The second-order valence-corrected chi connectivity index (χ2v) is 8.02. The summed E-state index contributed by atoms with van der Waals surface area (Å²) in [5.74, 6) is 1.95. The van der Waals surface area contributed by atoms with Crippen molar-refractivity contribution in [1.82, 2.24) is 9.97 Å². The predicted octanol–water partition coefficient (Wildman–Crippen LogP) is 4.00. The molecular formula is C24H26N4O2. The molecular weight excluding hydrogens is 376 g/mol. The summed E-state index contributed by atoms with van der Waals surface area (Å²) in [5.41, 5.74) is 6.65. The fourth-order valence-electron chi connectivity index (χ4n) is 4.38. The van der Waals surface area contributed by atoms with Crippen molar-refractivity contribution in [2.75, 3.05) is 42.6 Å². The van der Waals surface area contributed by atoms with E-state index in [4.69, 9.17) is 14.7 Å². The van der Waals surface area contributed by atoms with Gasteiger partial charge in [0.2, 0.25) is 5.95 Å². The summed E-state index contributed by atoms with van der Waals surface area (Å²) in [7, 11) is 0. The van der Waals surface area contributed by atoms with Crippen molar-refractivity contribution in [3.63, 3.8) is 0 Å². The number of hydrogen-bond acceptors (Lipinski definition) is 6. The first-order chi connectivity index (χ1) is 14.6. The fourth-order valence-corrected chi connectivity index (χ4v) is 4.38. The van der Waals surface area contributed by atoms with Crippen molar-refractivity contribution in [2.24, 2.45) is 0 Å². The maximum Gasteiger partial charge on any atom is 0.228 e. The zero-order chi connectivity index (χ0) is 20.7. The van der Waals surface area contributed by atoms with E-state index in [-0.39, 0.29) is 5.75 Å². The number of phenolic OH excluding ortho intramolecular Hbond substituents is 1. The highest BCUT2D eigenvalue weighted by Crippen LogP contribution is 2.40. The van der Waals surface area contributed by atoms with Gasteiger partial charge in [-0.3, -0.25) is 0 Å². The summed E-state index contributed by atoms with van der Waals surface area (Å²) < 4.78 is 5.52. The van der Waals surface area contributed by atoms with Crippen molar-refractivity contribution < 1.29 is 9.84 Å². The number of fused-ring (bicyclic) bond motifs is 1. The Labute approximate surface area is 176 Å². The number of aryl methyl sites for hydroxylation is 2. The van der Waals surface area contributed by atoms with Gasteiger partial charge >= 0.3 is 0 Å². The highest BCUT2D eigenvalue weighted by Gasteiger charge is 2.29. The molecule has 1 saturated heterocycles. The summed E-state index contributed by atoms with van der Waals surface area (Å²) in [6.45, 7) is 8.06. The van der Waals surface area contributed by atoms with Crippen LogP contribution in [0.15, 0.2) is 42.5 Å². The molecule has 0 spiro atoms. The predicted molar refractivity (Wildman–Crippen MR) is 119 cm³/mol. The minimum atomic E-state index is 0.247. The molecule has 0 bridgehead atoms. The van der Waals surface area contributed by atoms with E-state index in [1.165, 1.54) is 16.8 Å². The molecule has 6 nitrogen and oxygen atoms in total. The number of morpholine rings is 1. The number of phenols is 1. The topological polar surface area (TPSA) is 61.7 Å². The third kappa shape index (κ3) is 3.37. The van der Waals surface area contributed by atoms with Crippen LogP contribution >= 0.6 is 0 Å². The van der Waals surface area contributed by atoms with Crippen LogP contribution in [-0.2, 0) is 11.2 Å². The lowest BCUT2D eigenvalue weighted by molar-refractivity contribution is 0.122. The molecule has 2 aliphatic rings. The molecule has 0 amide bonds. The van der Waals surface area contributed by atoms with Crippen LogP contribution < -0.4 is 9.80 Å². The van der Waals surface area contributed by atoms with E-state index in [1.54, 1.807) is 12.1 Å². The van der Waals surface area contributed by atoms with E-state index in [1.807, 2.05) is 12.1 Å². The molecule has 1 N–H and O–H groups in total. The van der Waals surface area contributed by atoms with Crippen molar-refractivity contribution in [1.29, 1.82) is 0 Å². The zero-order valence-corrected chi connectivity index (χ0v) is 17.4.